The molecule has 0 bridgehead atoms. The molecular weight excluding hydrogens is 148 g/mol. The normalized spacial score (nSPS) is 34.5. The third-order valence-electron chi connectivity index (χ3n) is 2.93. The molecule has 0 amide bonds. The fraction of sp³-hybridized carbons (Fsp3) is 0.600. The lowest BCUT2D eigenvalue weighted by atomic mass is 10.0. The largest absolute Gasteiger partial charge is 0.401 e. The minimum atomic E-state index is 0.462. The lowest BCUT2D eigenvalue weighted by Crippen LogP contribution is -2.09. The molecule has 1 fully saturated rings. The summed E-state index contributed by atoms with van der Waals surface area (Å²) < 4.78 is 0. The van der Waals surface area contributed by atoms with Crippen molar-refractivity contribution < 1.29 is 0 Å². The molecule has 0 saturated heterocycles. The average Bonchev–Trinajstić information content (AvgIpc) is 2.75. The molecule has 0 aromatic heterocycles. The zero-order valence-electron chi connectivity index (χ0n) is 7.93. The van der Waals surface area contributed by atoms with Gasteiger partial charge in [-0.3, -0.25) is 0 Å². The van der Waals surface area contributed by atoms with Gasteiger partial charge in [0, 0.05) is 17.8 Å². The van der Waals surface area contributed by atoms with Crippen LogP contribution in [0.4, 0.5) is 0 Å². The first-order chi connectivity index (χ1) is 5.64. The molecule has 1 aliphatic carbocycles. The number of nitrogens with two attached hydrogens (primary N) is 1. The molecule has 1 saturated carbocycles. The predicted molar refractivity (Wildman–Crippen MR) is 52.1 cm³/mol. The quantitative estimate of drug-likeness (QED) is 0.670. The summed E-state index contributed by atoms with van der Waals surface area (Å²) in [7, 11) is 0. The summed E-state index contributed by atoms with van der Waals surface area (Å²) in [6.45, 7) is 8.06. The van der Waals surface area contributed by atoms with Crippen molar-refractivity contribution in [2.45, 2.75) is 26.7 Å². The molecule has 2 nitrogen and oxygen atoms in total. The number of hydrogen-bond acceptors (Lipinski definition) is 2. The molecule has 1 rings (SSSR count). The zero-order chi connectivity index (χ0) is 9.19. The predicted octanol–water partition coefficient (Wildman–Crippen LogP) is 1.96. The molecule has 0 heterocycles. The summed E-state index contributed by atoms with van der Waals surface area (Å²) in [5.41, 5.74) is 7.29. The molecule has 12 heavy (non-hydrogen) atoms. The van der Waals surface area contributed by atoms with Crippen LogP contribution in [0.15, 0.2) is 24.7 Å². The van der Waals surface area contributed by atoms with Crippen LogP contribution in [0.5, 0.6) is 0 Å². The molecule has 3 N–H and O–H groups in total. The topological polar surface area (TPSA) is 38.0 Å². The molecule has 0 aromatic rings. The maximum absolute atomic E-state index is 5.87. The van der Waals surface area contributed by atoms with Crippen molar-refractivity contribution in [3.63, 3.8) is 0 Å². The van der Waals surface area contributed by atoms with Crippen molar-refractivity contribution >= 4 is 0 Å². The van der Waals surface area contributed by atoms with Gasteiger partial charge >= 0.3 is 0 Å². The SMILES string of the molecule is C=CN/C=C(\N)C1C[C@@]1(C)CC. The molecule has 0 aliphatic heterocycles. The van der Waals surface area contributed by atoms with E-state index in [4.69, 9.17) is 5.73 Å². The van der Waals surface area contributed by atoms with Crippen LogP contribution in [0.25, 0.3) is 0 Å². The van der Waals surface area contributed by atoms with Gasteiger partial charge in [0.25, 0.3) is 0 Å². The van der Waals surface area contributed by atoms with Gasteiger partial charge in [0.05, 0.1) is 0 Å². The highest BCUT2D eigenvalue weighted by molar-refractivity contribution is 5.17. The monoisotopic (exact) mass is 166 g/mol. The van der Waals surface area contributed by atoms with E-state index in [1.807, 2.05) is 6.20 Å². The number of hydrogen-bond donors (Lipinski definition) is 2. The zero-order valence-corrected chi connectivity index (χ0v) is 7.93. The Morgan fingerprint density at radius 2 is 2.50 bits per heavy atom. The first-order valence-electron chi connectivity index (χ1n) is 4.46. The Morgan fingerprint density at radius 3 is 2.92 bits per heavy atom. The lowest BCUT2D eigenvalue weighted by molar-refractivity contribution is 0.508. The highest BCUT2D eigenvalue weighted by Crippen LogP contribution is 2.57. The van der Waals surface area contributed by atoms with Gasteiger partial charge in [0.15, 0.2) is 0 Å². The van der Waals surface area contributed by atoms with Gasteiger partial charge in [-0.05, 0) is 18.0 Å². The van der Waals surface area contributed by atoms with Crippen LogP contribution in [0.2, 0.25) is 0 Å². The molecule has 1 unspecified atom stereocenters. The van der Waals surface area contributed by atoms with E-state index in [0.717, 1.165) is 5.70 Å². The molecule has 2 atom stereocenters. The van der Waals surface area contributed by atoms with E-state index in [9.17, 15) is 0 Å². The van der Waals surface area contributed by atoms with Gasteiger partial charge in [0.1, 0.15) is 0 Å². The van der Waals surface area contributed by atoms with Crippen LogP contribution < -0.4 is 11.1 Å². The maximum atomic E-state index is 5.87. The molecule has 0 radical (unpaired) electrons. The van der Waals surface area contributed by atoms with E-state index in [1.54, 1.807) is 6.20 Å². The number of rotatable bonds is 4. The molecule has 0 aromatic carbocycles. The second-order valence-corrected chi connectivity index (χ2v) is 3.78. The van der Waals surface area contributed by atoms with Crippen molar-refractivity contribution in [1.82, 2.24) is 5.32 Å². The fourth-order valence-electron chi connectivity index (χ4n) is 1.57. The van der Waals surface area contributed by atoms with Gasteiger partial charge < -0.3 is 11.1 Å². The first kappa shape index (κ1) is 9.17. The smallest absolute Gasteiger partial charge is 0.0280 e. The van der Waals surface area contributed by atoms with Gasteiger partial charge in [-0.25, -0.2) is 0 Å². The maximum Gasteiger partial charge on any atom is 0.0280 e. The van der Waals surface area contributed by atoms with E-state index >= 15 is 0 Å². The van der Waals surface area contributed by atoms with Crippen LogP contribution in [-0.4, -0.2) is 0 Å². The lowest BCUT2D eigenvalue weighted by Gasteiger charge is -2.07. The molecule has 0 spiro atoms. The van der Waals surface area contributed by atoms with Crippen LogP contribution in [-0.2, 0) is 0 Å². The second kappa shape index (κ2) is 3.21. The van der Waals surface area contributed by atoms with E-state index in [1.165, 1.54) is 12.8 Å². The minimum Gasteiger partial charge on any atom is -0.401 e. The van der Waals surface area contributed by atoms with Gasteiger partial charge in [-0.2, -0.15) is 0 Å². The standard InChI is InChI=1S/C10H18N2/c1-4-10(3)6-8(10)9(11)7-12-5-2/h5,7-8,12H,2,4,6,11H2,1,3H3/b9-7-/t8?,10-/m1/s1. The van der Waals surface area contributed by atoms with Crippen molar-refractivity contribution in [2.24, 2.45) is 17.1 Å². The Morgan fingerprint density at radius 1 is 1.83 bits per heavy atom. The van der Waals surface area contributed by atoms with E-state index in [0.29, 0.717) is 11.3 Å². The van der Waals surface area contributed by atoms with Crippen molar-refractivity contribution in [2.75, 3.05) is 0 Å². The summed E-state index contributed by atoms with van der Waals surface area (Å²) in [6.07, 6.45) is 5.92. The Kier molecular flexibility index (Phi) is 2.46. The Labute approximate surface area is 74.5 Å². The van der Waals surface area contributed by atoms with Crippen LogP contribution >= 0.6 is 0 Å². The van der Waals surface area contributed by atoms with Gasteiger partial charge in [0.2, 0.25) is 0 Å². The minimum absolute atomic E-state index is 0.462. The van der Waals surface area contributed by atoms with Crippen LogP contribution in [0.1, 0.15) is 26.7 Å². The summed E-state index contributed by atoms with van der Waals surface area (Å²) in [6, 6.07) is 0. The number of allylic oxidation sites excluding steroid dienone is 1. The second-order valence-electron chi connectivity index (χ2n) is 3.78. The third kappa shape index (κ3) is 1.63. The Hall–Kier alpha value is -0.920. The molecule has 1 aliphatic rings. The molecule has 68 valence electrons. The Balaban J connectivity index is 2.47. The van der Waals surface area contributed by atoms with Crippen molar-refractivity contribution in [3.05, 3.63) is 24.7 Å². The van der Waals surface area contributed by atoms with Gasteiger partial charge in [-0.1, -0.05) is 26.8 Å². The summed E-state index contributed by atoms with van der Waals surface area (Å²) in [5, 5.41) is 2.91. The van der Waals surface area contributed by atoms with Crippen LogP contribution in [0, 0.1) is 11.3 Å². The molecule has 2 heteroatoms. The average molecular weight is 166 g/mol. The van der Waals surface area contributed by atoms with Gasteiger partial charge in [-0.15, -0.1) is 0 Å². The fourth-order valence-corrected chi connectivity index (χ4v) is 1.57. The third-order valence-corrected chi connectivity index (χ3v) is 2.93. The summed E-state index contributed by atoms with van der Waals surface area (Å²) in [5.74, 6) is 0.579. The number of nitrogens with one attached hydrogen (secondary N) is 1. The molecular formula is C10H18N2. The van der Waals surface area contributed by atoms with Crippen molar-refractivity contribution in [1.29, 1.82) is 0 Å². The Bertz CT molecular complexity index is 208. The highest BCUT2D eigenvalue weighted by atomic mass is 14.8. The van der Waals surface area contributed by atoms with E-state index < -0.39 is 0 Å². The summed E-state index contributed by atoms with van der Waals surface area (Å²) >= 11 is 0. The van der Waals surface area contributed by atoms with E-state index in [2.05, 4.69) is 25.7 Å². The first-order valence-corrected chi connectivity index (χ1v) is 4.46. The van der Waals surface area contributed by atoms with Crippen molar-refractivity contribution in [3.8, 4) is 0 Å². The highest BCUT2D eigenvalue weighted by Gasteiger charge is 2.49. The summed E-state index contributed by atoms with van der Waals surface area (Å²) in [4.78, 5) is 0. The van der Waals surface area contributed by atoms with Crippen LogP contribution in [0.3, 0.4) is 0 Å². The van der Waals surface area contributed by atoms with E-state index in [-0.39, 0.29) is 0 Å².